The van der Waals surface area contributed by atoms with Gasteiger partial charge in [-0.1, -0.05) is 57.8 Å². The van der Waals surface area contributed by atoms with Gasteiger partial charge in [0.15, 0.2) is 0 Å². The molecule has 3 aliphatic rings. The van der Waals surface area contributed by atoms with Crippen LogP contribution in [0.3, 0.4) is 0 Å². The van der Waals surface area contributed by atoms with Gasteiger partial charge in [0.2, 0.25) is 0 Å². The standard InChI is InChI=1S/C20H20BBr/c21-17-5-1-15(2-6-17)19-9-12-20(13-10-19,14-11-19)16-3-7-18(22)8-4-16/h1-8H,9-14H2. The molecule has 0 unspecified atom stereocenters. The van der Waals surface area contributed by atoms with Crippen LogP contribution in [0, 0.1) is 0 Å². The fraction of sp³-hybridized carbons (Fsp3) is 0.400. The van der Waals surface area contributed by atoms with Crippen molar-refractivity contribution in [3.05, 3.63) is 64.1 Å². The molecule has 0 amide bonds. The molecule has 0 aromatic heterocycles. The van der Waals surface area contributed by atoms with Crippen molar-refractivity contribution in [2.45, 2.75) is 49.4 Å². The van der Waals surface area contributed by atoms with Crippen molar-refractivity contribution in [2.75, 3.05) is 0 Å². The number of fused-ring (bicyclic) bond motifs is 3. The molecule has 0 heterocycles. The monoisotopic (exact) mass is 350 g/mol. The van der Waals surface area contributed by atoms with Crippen molar-refractivity contribution in [1.82, 2.24) is 0 Å². The third-order valence-electron chi connectivity index (χ3n) is 6.23. The summed E-state index contributed by atoms with van der Waals surface area (Å²) in [6.45, 7) is 0. The lowest BCUT2D eigenvalue weighted by Gasteiger charge is -2.54. The van der Waals surface area contributed by atoms with Gasteiger partial charge in [0.05, 0.1) is 0 Å². The van der Waals surface area contributed by atoms with Gasteiger partial charge in [-0.25, -0.2) is 0 Å². The van der Waals surface area contributed by atoms with E-state index in [4.69, 9.17) is 7.85 Å². The lowest BCUT2D eigenvalue weighted by molar-refractivity contribution is 0.102. The van der Waals surface area contributed by atoms with Crippen molar-refractivity contribution in [3.63, 3.8) is 0 Å². The average molecular weight is 351 g/mol. The summed E-state index contributed by atoms with van der Waals surface area (Å²) in [6.07, 6.45) is 7.89. The van der Waals surface area contributed by atoms with E-state index in [1.54, 1.807) is 5.56 Å². The van der Waals surface area contributed by atoms with Gasteiger partial charge in [-0.3, -0.25) is 0 Å². The van der Waals surface area contributed by atoms with Crippen molar-refractivity contribution in [3.8, 4) is 0 Å². The summed E-state index contributed by atoms with van der Waals surface area (Å²) in [5.41, 5.74) is 4.75. The molecular formula is C20H20BBr. The van der Waals surface area contributed by atoms with Crippen LogP contribution in [0.5, 0.6) is 0 Å². The molecule has 0 aliphatic heterocycles. The van der Waals surface area contributed by atoms with Crippen molar-refractivity contribution in [2.24, 2.45) is 0 Å². The molecule has 0 N–H and O–H groups in total. The second kappa shape index (κ2) is 5.27. The van der Waals surface area contributed by atoms with Crippen LogP contribution in [-0.2, 0) is 10.8 Å². The van der Waals surface area contributed by atoms with Gasteiger partial charge in [0.1, 0.15) is 7.85 Å². The van der Waals surface area contributed by atoms with Gasteiger partial charge < -0.3 is 0 Å². The Morgan fingerprint density at radius 1 is 0.636 bits per heavy atom. The van der Waals surface area contributed by atoms with E-state index in [0.717, 1.165) is 5.46 Å². The number of hydrogen-bond donors (Lipinski definition) is 0. The number of benzene rings is 2. The van der Waals surface area contributed by atoms with Gasteiger partial charge in [0.25, 0.3) is 0 Å². The minimum atomic E-state index is 0.408. The van der Waals surface area contributed by atoms with Crippen LogP contribution in [0.2, 0.25) is 0 Å². The summed E-state index contributed by atoms with van der Waals surface area (Å²) in [4.78, 5) is 0. The lowest BCUT2D eigenvalue weighted by Crippen LogP contribution is -2.46. The van der Waals surface area contributed by atoms with E-state index in [-0.39, 0.29) is 0 Å². The van der Waals surface area contributed by atoms with E-state index in [2.05, 4.69) is 64.5 Å². The summed E-state index contributed by atoms with van der Waals surface area (Å²) in [6, 6.07) is 17.7. The van der Waals surface area contributed by atoms with Gasteiger partial charge in [-0.2, -0.15) is 0 Å². The van der Waals surface area contributed by atoms with E-state index < -0.39 is 0 Å². The molecule has 5 rings (SSSR count). The zero-order valence-electron chi connectivity index (χ0n) is 12.8. The summed E-state index contributed by atoms with van der Waals surface area (Å²) in [5.74, 6) is 0. The summed E-state index contributed by atoms with van der Waals surface area (Å²) < 4.78 is 1.18. The Bertz CT molecular complexity index is 586. The lowest BCUT2D eigenvalue weighted by atomic mass is 9.50. The molecule has 2 heteroatoms. The molecular weight excluding hydrogens is 331 g/mol. The molecule has 2 bridgehead atoms. The Kier molecular flexibility index (Phi) is 3.49. The first-order valence-electron chi connectivity index (χ1n) is 8.24. The Labute approximate surface area is 142 Å². The molecule has 22 heavy (non-hydrogen) atoms. The SMILES string of the molecule is [B]c1ccc(C23CCC(c4ccc(Br)cc4)(CC2)CC3)cc1. The maximum absolute atomic E-state index is 5.86. The molecule has 3 saturated carbocycles. The first-order valence-corrected chi connectivity index (χ1v) is 9.03. The molecule has 3 aliphatic carbocycles. The minimum absolute atomic E-state index is 0.408. The molecule has 110 valence electrons. The second-order valence-electron chi connectivity index (χ2n) is 7.19. The minimum Gasteiger partial charge on any atom is -0.0967 e. The molecule has 0 saturated heterocycles. The third kappa shape index (κ3) is 2.27. The topological polar surface area (TPSA) is 0 Å². The molecule has 0 nitrogen and oxygen atoms in total. The smallest absolute Gasteiger partial charge is 0.0967 e. The van der Waals surface area contributed by atoms with E-state index in [9.17, 15) is 0 Å². The van der Waals surface area contributed by atoms with Gasteiger partial charge in [-0.05, 0) is 72.6 Å². The Hall–Kier alpha value is -1.02. The van der Waals surface area contributed by atoms with E-state index >= 15 is 0 Å². The quantitative estimate of drug-likeness (QED) is 0.683. The fourth-order valence-corrected chi connectivity index (χ4v) is 4.96. The Morgan fingerprint density at radius 3 is 1.41 bits per heavy atom. The van der Waals surface area contributed by atoms with E-state index in [0.29, 0.717) is 10.8 Å². The first kappa shape index (κ1) is 14.6. The van der Waals surface area contributed by atoms with Crippen LogP contribution in [0.25, 0.3) is 0 Å². The second-order valence-corrected chi connectivity index (χ2v) is 8.11. The zero-order chi connectivity index (χ0) is 15.2. The molecule has 3 fully saturated rings. The van der Waals surface area contributed by atoms with E-state index in [1.807, 2.05) is 0 Å². The van der Waals surface area contributed by atoms with Crippen LogP contribution in [0.4, 0.5) is 0 Å². The van der Waals surface area contributed by atoms with Gasteiger partial charge in [0, 0.05) is 4.47 Å². The van der Waals surface area contributed by atoms with Crippen LogP contribution in [0.1, 0.15) is 49.7 Å². The molecule has 0 spiro atoms. The summed E-state index contributed by atoms with van der Waals surface area (Å²) in [5, 5.41) is 0. The summed E-state index contributed by atoms with van der Waals surface area (Å²) in [7, 11) is 5.86. The number of hydrogen-bond acceptors (Lipinski definition) is 0. The van der Waals surface area contributed by atoms with Crippen LogP contribution in [0.15, 0.2) is 53.0 Å². The fourth-order valence-electron chi connectivity index (χ4n) is 4.69. The van der Waals surface area contributed by atoms with Crippen LogP contribution >= 0.6 is 15.9 Å². The van der Waals surface area contributed by atoms with Crippen molar-refractivity contribution < 1.29 is 0 Å². The van der Waals surface area contributed by atoms with Crippen molar-refractivity contribution in [1.29, 1.82) is 0 Å². The maximum Gasteiger partial charge on any atom is 0.113 e. The van der Waals surface area contributed by atoms with Crippen LogP contribution in [-0.4, -0.2) is 7.85 Å². The predicted octanol–water partition coefficient (Wildman–Crippen LogP) is 4.79. The number of rotatable bonds is 2. The number of halogens is 1. The highest BCUT2D eigenvalue weighted by Crippen LogP contribution is 2.58. The largest absolute Gasteiger partial charge is 0.113 e. The van der Waals surface area contributed by atoms with Gasteiger partial charge >= 0.3 is 0 Å². The van der Waals surface area contributed by atoms with Crippen molar-refractivity contribution >= 4 is 29.2 Å². The van der Waals surface area contributed by atoms with E-state index in [1.165, 1.54) is 48.6 Å². The highest BCUT2D eigenvalue weighted by molar-refractivity contribution is 9.10. The maximum atomic E-state index is 5.86. The first-order chi connectivity index (χ1) is 10.6. The predicted molar refractivity (Wildman–Crippen MR) is 97.0 cm³/mol. The molecule has 2 aromatic rings. The molecule has 2 aromatic carbocycles. The molecule has 2 radical (unpaired) electrons. The molecule has 0 atom stereocenters. The highest BCUT2D eigenvalue weighted by Gasteiger charge is 2.49. The highest BCUT2D eigenvalue weighted by atomic mass is 79.9. The normalized spacial score (nSPS) is 30.4. The summed E-state index contributed by atoms with van der Waals surface area (Å²) >= 11 is 3.55. The average Bonchev–Trinajstić information content (AvgIpc) is 2.57. The van der Waals surface area contributed by atoms with Gasteiger partial charge in [-0.15, -0.1) is 0 Å². The van der Waals surface area contributed by atoms with Crippen LogP contribution < -0.4 is 5.46 Å². The zero-order valence-corrected chi connectivity index (χ0v) is 14.4. The Morgan fingerprint density at radius 2 is 1.00 bits per heavy atom. The Balaban J connectivity index is 1.61. The third-order valence-corrected chi connectivity index (χ3v) is 6.75.